The highest BCUT2D eigenvalue weighted by Crippen LogP contribution is 2.27. The van der Waals surface area contributed by atoms with E-state index in [9.17, 15) is 9.59 Å². The highest BCUT2D eigenvalue weighted by atomic mass is 35.5. The second-order valence-corrected chi connectivity index (χ2v) is 6.93. The standard InChI is InChI=1S/C24H17ClO5/c1-2-15-7-3-6-10-20(15)30-22-14-28-21-13-16(11-12-18(21)23(22)26)29-24(27)17-8-4-5-9-19(17)25/h3-14H,2H2,1H3. The van der Waals surface area contributed by atoms with Crippen LogP contribution in [0.3, 0.4) is 0 Å². The van der Waals surface area contributed by atoms with Gasteiger partial charge in [-0.25, -0.2) is 4.79 Å². The summed E-state index contributed by atoms with van der Waals surface area (Å²) in [6, 6.07) is 18.7. The Kier molecular flexibility index (Phi) is 5.55. The highest BCUT2D eigenvalue weighted by molar-refractivity contribution is 6.33. The fraction of sp³-hybridized carbons (Fsp3) is 0.0833. The van der Waals surface area contributed by atoms with Crippen molar-refractivity contribution in [3.63, 3.8) is 0 Å². The number of benzene rings is 3. The van der Waals surface area contributed by atoms with E-state index in [2.05, 4.69) is 0 Å². The summed E-state index contributed by atoms with van der Waals surface area (Å²) in [7, 11) is 0. The second kappa shape index (κ2) is 8.43. The number of hydrogen-bond donors (Lipinski definition) is 0. The van der Waals surface area contributed by atoms with Gasteiger partial charge < -0.3 is 13.9 Å². The van der Waals surface area contributed by atoms with E-state index in [0.717, 1.165) is 12.0 Å². The van der Waals surface area contributed by atoms with Crippen LogP contribution in [0.4, 0.5) is 0 Å². The topological polar surface area (TPSA) is 65.7 Å². The van der Waals surface area contributed by atoms with Gasteiger partial charge in [0.15, 0.2) is 0 Å². The van der Waals surface area contributed by atoms with Crippen LogP contribution in [0, 0.1) is 0 Å². The lowest BCUT2D eigenvalue weighted by atomic mass is 10.1. The molecule has 0 fully saturated rings. The highest BCUT2D eigenvalue weighted by Gasteiger charge is 2.15. The molecule has 0 aliphatic carbocycles. The Morgan fingerprint density at radius 1 is 1.00 bits per heavy atom. The molecule has 4 rings (SSSR count). The molecule has 0 bridgehead atoms. The van der Waals surface area contributed by atoms with Crippen molar-refractivity contribution in [1.82, 2.24) is 0 Å². The predicted molar refractivity (Wildman–Crippen MR) is 115 cm³/mol. The SMILES string of the molecule is CCc1ccccc1Oc1coc2cc(OC(=O)c3ccccc3Cl)ccc2c1=O. The number of aryl methyl sites for hydroxylation is 1. The lowest BCUT2D eigenvalue weighted by Gasteiger charge is -2.10. The number of hydrogen-bond acceptors (Lipinski definition) is 5. The van der Waals surface area contributed by atoms with Crippen molar-refractivity contribution in [1.29, 1.82) is 0 Å². The quantitative estimate of drug-likeness (QED) is 0.291. The molecular weight excluding hydrogens is 404 g/mol. The van der Waals surface area contributed by atoms with Crippen LogP contribution in [-0.2, 0) is 6.42 Å². The molecule has 1 aromatic heterocycles. The summed E-state index contributed by atoms with van der Waals surface area (Å²) in [5, 5.41) is 0.614. The summed E-state index contributed by atoms with van der Waals surface area (Å²) >= 11 is 6.03. The molecular formula is C24H17ClO5. The van der Waals surface area contributed by atoms with Gasteiger partial charge >= 0.3 is 5.97 Å². The first kappa shape index (κ1) is 19.7. The Hall–Kier alpha value is -3.57. The third-order valence-corrected chi connectivity index (χ3v) is 4.92. The van der Waals surface area contributed by atoms with Gasteiger partial charge in [-0.2, -0.15) is 0 Å². The van der Waals surface area contributed by atoms with Crippen molar-refractivity contribution in [2.75, 3.05) is 0 Å². The molecule has 150 valence electrons. The fourth-order valence-corrected chi connectivity index (χ4v) is 3.24. The maximum absolute atomic E-state index is 12.8. The average molecular weight is 421 g/mol. The lowest BCUT2D eigenvalue weighted by molar-refractivity contribution is 0.0735. The van der Waals surface area contributed by atoms with E-state index in [1.54, 1.807) is 30.3 Å². The zero-order valence-corrected chi connectivity index (χ0v) is 16.8. The van der Waals surface area contributed by atoms with E-state index in [0.29, 0.717) is 16.2 Å². The van der Waals surface area contributed by atoms with E-state index in [4.69, 9.17) is 25.5 Å². The van der Waals surface area contributed by atoms with Crippen molar-refractivity contribution >= 4 is 28.5 Å². The minimum absolute atomic E-state index is 0.0872. The molecule has 0 saturated carbocycles. The summed E-state index contributed by atoms with van der Waals surface area (Å²) in [4.78, 5) is 25.2. The third kappa shape index (κ3) is 3.93. The van der Waals surface area contributed by atoms with E-state index < -0.39 is 5.97 Å². The molecule has 0 aliphatic rings. The maximum atomic E-state index is 12.8. The molecule has 1 heterocycles. The van der Waals surface area contributed by atoms with Crippen LogP contribution in [0.25, 0.3) is 11.0 Å². The minimum Gasteiger partial charge on any atom is -0.460 e. The molecule has 5 nitrogen and oxygen atoms in total. The van der Waals surface area contributed by atoms with Gasteiger partial charge in [0.1, 0.15) is 23.3 Å². The molecule has 0 aliphatic heterocycles. The van der Waals surface area contributed by atoms with E-state index in [1.165, 1.54) is 24.5 Å². The molecule has 4 aromatic rings. The first-order valence-electron chi connectivity index (χ1n) is 9.35. The van der Waals surface area contributed by atoms with Crippen LogP contribution in [0.15, 0.2) is 82.2 Å². The van der Waals surface area contributed by atoms with E-state index >= 15 is 0 Å². The Morgan fingerprint density at radius 3 is 2.57 bits per heavy atom. The smallest absolute Gasteiger partial charge is 0.345 e. The van der Waals surface area contributed by atoms with Crippen molar-refractivity contribution in [3.8, 4) is 17.2 Å². The summed E-state index contributed by atoms with van der Waals surface area (Å²) in [5.74, 6) is 0.333. The number of fused-ring (bicyclic) bond motifs is 1. The largest absolute Gasteiger partial charge is 0.460 e. The monoisotopic (exact) mass is 420 g/mol. The normalized spacial score (nSPS) is 10.7. The molecule has 0 saturated heterocycles. The van der Waals surface area contributed by atoms with Crippen molar-refractivity contribution in [2.24, 2.45) is 0 Å². The van der Waals surface area contributed by atoms with Crippen molar-refractivity contribution in [2.45, 2.75) is 13.3 Å². The van der Waals surface area contributed by atoms with Gasteiger partial charge in [0.2, 0.25) is 11.2 Å². The molecule has 0 N–H and O–H groups in total. The molecule has 0 unspecified atom stereocenters. The van der Waals surface area contributed by atoms with Crippen molar-refractivity contribution in [3.05, 3.63) is 99.4 Å². The molecule has 3 aromatic carbocycles. The molecule has 30 heavy (non-hydrogen) atoms. The Morgan fingerprint density at radius 2 is 1.77 bits per heavy atom. The summed E-state index contributed by atoms with van der Waals surface area (Å²) in [6.45, 7) is 2.01. The second-order valence-electron chi connectivity index (χ2n) is 6.52. The first-order valence-corrected chi connectivity index (χ1v) is 9.72. The van der Waals surface area contributed by atoms with Crippen LogP contribution in [0.5, 0.6) is 17.2 Å². The van der Waals surface area contributed by atoms with E-state index in [-0.39, 0.29) is 28.1 Å². The maximum Gasteiger partial charge on any atom is 0.345 e. The van der Waals surface area contributed by atoms with Crippen LogP contribution in [0.2, 0.25) is 5.02 Å². The molecule has 0 spiro atoms. The zero-order valence-electron chi connectivity index (χ0n) is 16.1. The molecule has 6 heteroatoms. The summed E-state index contributed by atoms with van der Waals surface area (Å²) < 4.78 is 16.7. The number of esters is 1. The van der Waals surface area contributed by atoms with Gasteiger partial charge in [-0.3, -0.25) is 4.79 Å². The number of rotatable bonds is 5. The molecule has 0 amide bonds. The zero-order chi connectivity index (χ0) is 21.1. The predicted octanol–water partition coefficient (Wildman–Crippen LogP) is 6.02. The van der Waals surface area contributed by atoms with Crippen LogP contribution in [-0.4, -0.2) is 5.97 Å². The number of carbonyl (C=O) groups excluding carboxylic acids is 1. The lowest BCUT2D eigenvalue weighted by Crippen LogP contribution is -2.09. The Balaban J connectivity index is 1.62. The van der Waals surface area contributed by atoms with Gasteiger partial charge in [0, 0.05) is 6.07 Å². The van der Waals surface area contributed by atoms with Crippen LogP contribution >= 0.6 is 11.6 Å². The van der Waals surface area contributed by atoms with E-state index in [1.807, 2.05) is 25.1 Å². The van der Waals surface area contributed by atoms with Gasteiger partial charge in [0.05, 0.1) is 16.0 Å². The summed E-state index contributed by atoms with van der Waals surface area (Å²) in [5.41, 5.74) is 1.20. The summed E-state index contributed by atoms with van der Waals surface area (Å²) in [6.07, 6.45) is 2.03. The Bertz CT molecular complexity index is 1290. The fourth-order valence-electron chi connectivity index (χ4n) is 3.03. The van der Waals surface area contributed by atoms with Crippen LogP contribution in [0.1, 0.15) is 22.8 Å². The third-order valence-electron chi connectivity index (χ3n) is 4.59. The molecule has 0 atom stereocenters. The van der Waals surface area contributed by atoms with Crippen molar-refractivity contribution < 1.29 is 18.7 Å². The van der Waals surface area contributed by atoms with Crippen LogP contribution < -0.4 is 14.9 Å². The van der Waals surface area contributed by atoms with Gasteiger partial charge in [-0.05, 0) is 42.3 Å². The van der Waals surface area contributed by atoms with Gasteiger partial charge in [0.25, 0.3) is 0 Å². The first-order chi connectivity index (χ1) is 14.6. The number of carbonyl (C=O) groups is 1. The minimum atomic E-state index is -0.599. The Labute approximate surface area is 177 Å². The number of ether oxygens (including phenoxy) is 2. The average Bonchev–Trinajstić information content (AvgIpc) is 2.76. The van der Waals surface area contributed by atoms with Gasteiger partial charge in [-0.15, -0.1) is 0 Å². The number of para-hydroxylation sites is 1. The molecule has 0 radical (unpaired) electrons. The van der Waals surface area contributed by atoms with Gasteiger partial charge in [-0.1, -0.05) is 48.9 Å². The number of halogens is 1.